The maximum absolute atomic E-state index is 13.4. The Bertz CT molecular complexity index is 906. The molecule has 0 saturated heterocycles. The Morgan fingerprint density at radius 1 is 1.00 bits per heavy atom. The van der Waals surface area contributed by atoms with E-state index in [0.29, 0.717) is 11.7 Å². The van der Waals surface area contributed by atoms with Gasteiger partial charge in [0.05, 0.1) is 0 Å². The van der Waals surface area contributed by atoms with Crippen LogP contribution in [0.2, 0.25) is 0 Å². The number of rotatable bonds is 9. The molecule has 3 rings (SSSR count). The normalized spacial score (nSPS) is 15.2. The third-order valence-electron chi connectivity index (χ3n) is 6.29. The number of hydrogen-bond acceptors (Lipinski definition) is 3. The second kappa shape index (κ2) is 11.8. The summed E-state index contributed by atoms with van der Waals surface area (Å²) in [6.45, 7) is 5.99. The van der Waals surface area contributed by atoms with Gasteiger partial charge < -0.3 is 15.0 Å². The Labute approximate surface area is 196 Å². The van der Waals surface area contributed by atoms with Gasteiger partial charge >= 0.3 is 0 Å². The van der Waals surface area contributed by atoms with Crippen molar-refractivity contribution in [2.24, 2.45) is 0 Å². The van der Waals surface area contributed by atoms with Crippen LogP contribution >= 0.6 is 0 Å². The Morgan fingerprint density at radius 3 is 2.24 bits per heavy atom. The predicted octanol–water partition coefficient (Wildman–Crippen LogP) is 5.19. The van der Waals surface area contributed by atoms with Crippen LogP contribution in [0.15, 0.2) is 48.5 Å². The molecule has 1 aliphatic carbocycles. The highest BCUT2D eigenvalue weighted by Crippen LogP contribution is 2.20. The van der Waals surface area contributed by atoms with E-state index in [1.807, 2.05) is 24.3 Å². The summed E-state index contributed by atoms with van der Waals surface area (Å²) >= 11 is 0. The number of amides is 2. The monoisotopic (exact) mass is 454 g/mol. The number of hydrogen-bond donors (Lipinski definition) is 1. The largest absolute Gasteiger partial charge is 0.484 e. The van der Waals surface area contributed by atoms with Gasteiger partial charge in [-0.3, -0.25) is 9.59 Å². The first-order chi connectivity index (χ1) is 15.8. The second-order valence-electron chi connectivity index (χ2n) is 9.18. The Kier molecular flexibility index (Phi) is 8.87. The molecular formula is C27H35FN2O3. The number of nitrogens with zero attached hydrogens (tertiary/aromatic N) is 1. The van der Waals surface area contributed by atoms with Gasteiger partial charge in [-0.2, -0.15) is 0 Å². The van der Waals surface area contributed by atoms with Crippen molar-refractivity contribution in [2.45, 2.75) is 77.4 Å². The first-order valence-corrected chi connectivity index (χ1v) is 11.9. The number of benzene rings is 2. The van der Waals surface area contributed by atoms with Gasteiger partial charge in [0.25, 0.3) is 5.91 Å². The minimum atomic E-state index is -0.670. The lowest BCUT2D eigenvalue weighted by Crippen LogP contribution is -2.51. The molecule has 1 aliphatic rings. The summed E-state index contributed by atoms with van der Waals surface area (Å²) in [5.74, 6) is 0.217. The van der Waals surface area contributed by atoms with Crippen molar-refractivity contribution in [2.75, 3.05) is 6.61 Å². The number of carbonyl (C=O) groups is 2. The van der Waals surface area contributed by atoms with E-state index >= 15 is 0 Å². The van der Waals surface area contributed by atoms with E-state index in [0.717, 1.165) is 31.2 Å². The van der Waals surface area contributed by atoms with Crippen LogP contribution in [0.4, 0.5) is 4.39 Å². The van der Waals surface area contributed by atoms with Crippen molar-refractivity contribution in [3.05, 3.63) is 65.5 Å². The summed E-state index contributed by atoms with van der Waals surface area (Å²) in [6.07, 6.45) is 5.37. The van der Waals surface area contributed by atoms with Gasteiger partial charge in [-0.05, 0) is 61.1 Å². The first-order valence-electron chi connectivity index (χ1n) is 11.9. The van der Waals surface area contributed by atoms with Gasteiger partial charge in [-0.1, -0.05) is 57.4 Å². The molecule has 5 nitrogen and oxygen atoms in total. The van der Waals surface area contributed by atoms with E-state index in [4.69, 9.17) is 4.74 Å². The minimum absolute atomic E-state index is 0.159. The lowest BCUT2D eigenvalue weighted by atomic mass is 9.95. The molecule has 0 heterocycles. The third kappa shape index (κ3) is 7.31. The lowest BCUT2D eigenvalue weighted by Gasteiger charge is -2.31. The zero-order chi connectivity index (χ0) is 23.8. The van der Waals surface area contributed by atoms with Crippen LogP contribution in [-0.2, 0) is 16.1 Å². The van der Waals surface area contributed by atoms with Crippen molar-refractivity contribution in [3.8, 4) is 5.75 Å². The van der Waals surface area contributed by atoms with E-state index in [-0.39, 0.29) is 36.8 Å². The molecule has 2 aromatic rings. The van der Waals surface area contributed by atoms with Crippen LogP contribution in [0.3, 0.4) is 0 Å². The van der Waals surface area contributed by atoms with Crippen LogP contribution in [0.1, 0.15) is 69.9 Å². The van der Waals surface area contributed by atoms with E-state index in [1.54, 1.807) is 19.1 Å². The average molecular weight is 455 g/mol. The van der Waals surface area contributed by atoms with Crippen LogP contribution < -0.4 is 10.1 Å². The molecule has 0 radical (unpaired) electrons. The fourth-order valence-corrected chi connectivity index (χ4v) is 4.11. The fraction of sp³-hybridized carbons (Fsp3) is 0.481. The SMILES string of the molecule is CC(C)c1ccc(OCC(=O)N(Cc2ccc(F)cc2)C(C)C(=O)NC2CCCCC2)cc1. The predicted molar refractivity (Wildman–Crippen MR) is 127 cm³/mol. The van der Waals surface area contributed by atoms with Crippen molar-refractivity contribution in [1.29, 1.82) is 0 Å². The van der Waals surface area contributed by atoms with Gasteiger partial charge in [-0.15, -0.1) is 0 Å². The molecule has 178 valence electrons. The van der Waals surface area contributed by atoms with Crippen LogP contribution in [0, 0.1) is 5.82 Å². The smallest absolute Gasteiger partial charge is 0.261 e. The Balaban J connectivity index is 1.68. The number of carbonyl (C=O) groups excluding carboxylic acids is 2. The maximum Gasteiger partial charge on any atom is 0.261 e. The van der Waals surface area contributed by atoms with Crippen LogP contribution in [0.5, 0.6) is 5.75 Å². The Morgan fingerprint density at radius 2 is 1.64 bits per heavy atom. The molecule has 0 bridgehead atoms. The molecule has 1 fully saturated rings. The molecule has 1 N–H and O–H groups in total. The molecule has 2 amide bonds. The standard InChI is InChI=1S/C27H35FN2O3/c1-19(2)22-11-15-25(16-12-22)33-18-26(31)30(17-21-9-13-23(28)14-10-21)20(3)27(32)29-24-7-5-4-6-8-24/h9-16,19-20,24H,4-8,17-18H2,1-3H3,(H,29,32). The van der Waals surface area contributed by atoms with Gasteiger partial charge in [0.15, 0.2) is 6.61 Å². The Hall–Kier alpha value is -2.89. The van der Waals surface area contributed by atoms with Crippen LogP contribution in [0.25, 0.3) is 0 Å². The summed E-state index contributed by atoms with van der Waals surface area (Å²) in [5, 5.41) is 3.11. The molecule has 2 aromatic carbocycles. The molecule has 1 unspecified atom stereocenters. The topological polar surface area (TPSA) is 58.6 Å². The van der Waals surface area contributed by atoms with Gasteiger partial charge in [0.1, 0.15) is 17.6 Å². The fourth-order valence-electron chi connectivity index (χ4n) is 4.11. The van der Waals surface area contributed by atoms with Gasteiger partial charge in [0.2, 0.25) is 5.91 Å². The summed E-state index contributed by atoms with van der Waals surface area (Å²) in [7, 11) is 0. The molecule has 0 aliphatic heterocycles. The first kappa shape index (κ1) is 24.7. The molecule has 6 heteroatoms. The van der Waals surface area contributed by atoms with Crippen molar-refractivity contribution in [3.63, 3.8) is 0 Å². The van der Waals surface area contributed by atoms with Gasteiger partial charge in [0, 0.05) is 12.6 Å². The molecule has 0 spiro atoms. The van der Waals surface area contributed by atoms with Crippen molar-refractivity contribution in [1.82, 2.24) is 10.2 Å². The van der Waals surface area contributed by atoms with Crippen LogP contribution in [-0.4, -0.2) is 35.4 Å². The van der Waals surface area contributed by atoms with E-state index in [1.165, 1.54) is 29.0 Å². The summed E-state index contributed by atoms with van der Waals surface area (Å²) in [6, 6.07) is 13.2. The highest BCUT2D eigenvalue weighted by atomic mass is 19.1. The van der Waals surface area contributed by atoms with Crippen molar-refractivity contribution >= 4 is 11.8 Å². The van der Waals surface area contributed by atoms with Crippen molar-refractivity contribution < 1.29 is 18.7 Å². The second-order valence-corrected chi connectivity index (χ2v) is 9.18. The van der Waals surface area contributed by atoms with E-state index in [2.05, 4.69) is 19.2 Å². The summed E-state index contributed by atoms with van der Waals surface area (Å²) < 4.78 is 19.1. The number of nitrogens with one attached hydrogen (secondary N) is 1. The molecule has 0 aromatic heterocycles. The quantitative estimate of drug-likeness (QED) is 0.567. The maximum atomic E-state index is 13.4. The number of halogens is 1. The highest BCUT2D eigenvalue weighted by molar-refractivity contribution is 5.88. The van der Waals surface area contributed by atoms with E-state index < -0.39 is 6.04 Å². The lowest BCUT2D eigenvalue weighted by molar-refractivity contribution is -0.142. The number of ether oxygens (including phenoxy) is 1. The third-order valence-corrected chi connectivity index (χ3v) is 6.29. The molecule has 1 saturated carbocycles. The zero-order valence-electron chi connectivity index (χ0n) is 19.9. The van der Waals surface area contributed by atoms with Gasteiger partial charge in [-0.25, -0.2) is 4.39 Å². The van der Waals surface area contributed by atoms with E-state index in [9.17, 15) is 14.0 Å². The summed E-state index contributed by atoms with van der Waals surface area (Å²) in [5.41, 5.74) is 1.95. The average Bonchev–Trinajstić information content (AvgIpc) is 2.82. The highest BCUT2D eigenvalue weighted by Gasteiger charge is 2.28. The summed E-state index contributed by atoms with van der Waals surface area (Å²) in [4.78, 5) is 27.6. The molecular weight excluding hydrogens is 419 g/mol. The molecule has 1 atom stereocenters. The zero-order valence-corrected chi connectivity index (χ0v) is 19.9. The molecule has 33 heavy (non-hydrogen) atoms. The minimum Gasteiger partial charge on any atom is -0.484 e.